The first kappa shape index (κ1) is 12.4. The molecule has 1 saturated carbocycles. The van der Waals surface area contributed by atoms with Crippen molar-refractivity contribution in [3.05, 3.63) is 11.1 Å². The maximum Gasteiger partial charge on any atom is 0.357 e. The van der Waals surface area contributed by atoms with Gasteiger partial charge >= 0.3 is 5.97 Å². The summed E-state index contributed by atoms with van der Waals surface area (Å²) in [4.78, 5) is 18.0. The number of carbonyl (C=O) groups is 1. The molecule has 1 aliphatic rings. The van der Waals surface area contributed by atoms with Crippen LogP contribution in [0.4, 0.5) is 5.13 Å². The van der Waals surface area contributed by atoms with E-state index in [-0.39, 0.29) is 5.97 Å². The molecule has 0 radical (unpaired) electrons. The Morgan fingerprint density at radius 2 is 2.35 bits per heavy atom. The second-order valence-corrected chi connectivity index (χ2v) is 5.62. The summed E-state index contributed by atoms with van der Waals surface area (Å²) in [5, 5.41) is 2.72. The van der Waals surface area contributed by atoms with Gasteiger partial charge in [-0.25, -0.2) is 9.78 Å². The Morgan fingerprint density at radius 1 is 1.65 bits per heavy atom. The number of nitrogens with zero attached hydrogens (tertiary/aromatic N) is 2. The van der Waals surface area contributed by atoms with E-state index in [1.54, 1.807) is 5.38 Å². The van der Waals surface area contributed by atoms with E-state index in [0.29, 0.717) is 17.7 Å². The largest absolute Gasteiger partial charge is 0.464 e. The summed E-state index contributed by atoms with van der Waals surface area (Å²) >= 11 is 1.53. The first-order chi connectivity index (χ1) is 8.11. The Bertz CT molecular complexity index is 399. The fourth-order valence-corrected chi connectivity index (χ4v) is 2.63. The van der Waals surface area contributed by atoms with Gasteiger partial charge in [-0.2, -0.15) is 0 Å². The highest BCUT2D eigenvalue weighted by atomic mass is 32.1. The normalized spacial score (nSPS) is 15.1. The lowest BCUT2D eigenvalue weighted by Crippen LogP contribution is -2.29. The minimum Gasteiger partial charge on any atom is -0.464 e. The summed E-state index contributed by atoms with van der Waals surface area (Å²) in [6, 6.07) is 0.619. The molecule has 1 aromatic rings. The molecule has 0 aliphatic heterocycles. The van der Waals surface area contributed by atoms with E-state index in [1.165, 1.54) is 31.3 Å². The average Bonchev–Trinajstić information content (AvgIpc) is 3.02. The van der Waals surface area contributed by atoms with Crippen molar-refractivity contribution in [1.29, 1.82) is 0 Å². The smallest absolute Gasteiger partial charge is 0.357 e. The molecule has 1 heterocycles. The van der Waals surface area contributed by atoms with Crippen LogP contribution < -0.4 is 4.90 Å². The van der Waals surface area contributed by atoms with Crippen LogP contribution in [-0.4, -0.2) is 30.6 Å². The van der Waals surface area contributed by atoms with Crippen molar-refractivity contribution in [2.45, 2.75) is 32.7 Å². The summed E-state index contributed by atoms with van der Waals surface area (Å²) in [5.74, 6) is 0.244. The third kappa shape index (κ3) is 2.97. The monoisotopic (exact) mass is 254 g/mol. The molecule has 0 saturated heterocycles. The van der Waals surface area contributed by atoms with Gasteiger partial charge in [-0.3, -0.25) is 0 Å². The lowest BCUT2D eigenvalue weighted by atomic mass is 10.2. The van der Waals surface area contributed by atoms with Crippen LogP contribution in [0.2, 0.25) is 0 Å². The molecule has 0 amide bonds. The molecule has 2 rings (SSSR count). The maximum atomic E-state index is 11.4. The molecule has 94 valence electrons. The van der Waals surface area contributed by atoms with Gasteiger partial charge in [0.05, 0.1) is 7.11 Å². The van der Waals surface area contributed by atoms with Crippen molar-refractivity contribution in [3.63, 3.8) is 0 Å². The van der Waals surface area contributed by atoms with E-state index in [4.69, 9.17) is 0 Å². The van der Waals surface area contributed by atoms with Gasteiger partial charge in [-0.1, -0.05) is 13.8 Å². The van der Waals surface area contributed by atoms with Gasteiger partial charge in [-0.15, -0.1) is 11.3 Å². The fraction of sp³-hybridized carbons (Fsp3) is 0.667. The van der Waals surface area contributed by atoms with Gasteiger partial charge in [0.15, 0.2) is 10.8 Å². The predicted octanol–water partition coefficient (Wildman–Crippen LogP) is 2.55. The van der Waals surface area contributed by atoms with E-state index in [0.717, 1.165) is 11.7 Å². The van der Waals surface area contributed by atoms with Crippen LogP contribution in [-0.2, 0) is 4.74 Å². The third-order valence-corrected chi connectivity index (χ3v) is 3.56. The van der Waals surface area contributed by atoms with Crippen molar-refractivity contribution >= 4 is 22.4 Å². The standard InChI is InChI=1S/C12H18N2O2S/c1-8(2)6-14(9-4-5-9)12-13-10(7-17-12)11(15)16-3/h7-9H,4-6H2,1-3H3. The van der Waals surface area contributed by atoms with E-state index in [9.17, 15) is 4.79 Å². The van der Waals surface area contributed by atoms with E-state index in [1.807, 2.05) is 0 Å². The number of carbonyl (C=O) groups excluding carboxylic acids is 1. The molecule has 5 heteroatoms. The number of rotatable bonds is 5. The van der Waals surface area contributed by atoms with Gasteiger partial charge in [0, 0.05) is 18.0 Å². The minimum absolute atomic E-state index is 0.354. The van der Waals surface area contributed by atoms with Crippen LogP contribution in [0.5, 0.6) is 0 Å². The number of methoxy groups -OCH3 is 1. The second kappa shape index (κ2) is 5.04. The Hall–Kier alpha value is -1.10. The van der Waals surface area contributed by atoms with E-state index < -0.39 is 0 Å². The zero-order chi connectivity index (χ0) is 12.4. The van der Waals surface area contributed by atoms with Crippen LogP contribution in [0.3, 0.4) is 0 Å². The predicted molar refractivity (Wildman–Crippen MR) is 68.7 cm³/mol. The molecule has 0 N–H and O–H groups in total. The Labute approximate surface area is 106 Å². The highest BCUT2D eigenvalue weighted by Crippen LogP contribution is 2.34. The first-order valence-electron chi connectivity index (χ1n) is 5.92. The zero-order valence-corrected chi connectivity index (χ0v) is 11.3. The second-order valence-electron chi connectivity index (χ2n) is 4.78. The molecule has 0 atom stereocenters. The molecule has 0 aromatic carbocycles. The molecule has 0 bridgehead atoms. The van der Waals surface area contributed by atoms with Gasteiger partial charge in [0.2, 0.25) is 0 Å². The van der Waals surface area contributed by atoms with Crippen molar-refractivity contribution < 1.29 is 9.53 Å². The Kier molecular flexibility index (Phi) is 3.66. The van der Waals surface area contributed by atoms with Crippen molar-refractivity contribution in [2.24, 2.45) is 5.92 Å². The number of anilines is 1. The van der Waals surface area contributed by atoms with Crippen LogP contribution in [0.25, 0.3) is 0 Å². The van der Waals surface area contributed by atoms with Gasteiger partial charge in [0.1, 0.15) is 0 Å². The molecule has 1 fully saturated rings. The minimum atomic E-state index is -0.354. The summed E-state index contributed by atoms with van der Waals surface area (Å²) < 4.78 is 4.67. The van der Waals surface area contributed by atoms with Gasteiger partial charge in [-0.05, 0) is 18.8 Å². The molecule has 1 aromatic heterocycles. The van der Waals surface area contributed by atoms with Crippen LogP contribution in [0.1, 0.15) is 37.2 Å². The Balaban J connectivity index is 2.12. The van der Waals surface area contributed by atoms with Crippen molar-refractivity contribution in [1.82, 2.24) is 4.98 Å². The quantitative estimate of drug-likeness (QED) is 0.757. The molecule has 17 heavy (non-hydrogen) atoms. The molecular weight excluding hydrogens is 236 g/mol. The highest BCUT2D eigenvalue weighted by Gasteiger charge is 2.31. The SMILES string of the molecule is COC(=O)c1csc(N(CC(C)C)C2CC2)n1. The summed E-state index contributed by atoms with van der Waals surface area (Å²) in [5.41, 5.74) is 0.418. The number of thiazole rings is 1. The van der Waals surface area contributed by atoms with Gasteiger partial charge in [0.25, 0.3) is 0 Å². The molecule has 0 unspecified atom stereocenters. The van der Waals surface area contributed by atoms with Crippen LogP contribution in [0.15, 0.2) is 5.38 Å². The topological polar surface area (TPSA) is 42.4 Å². The average molecular weight is 254 g/mol. The third-order valence-electron chi connectivity index (χ3n) is 2.68. The number of esters is 1. The highest BCUT2D eigenvalue weighted by molar-refractivity contribution is 7.13. The molecular formula is C12H18N2O2S. The van der Waals surface area contributed by atoms with Crippen LogP contribution >= 0.6 is 11.3 Å². The summed E-state index contributed by atoms with van der Waals surface area (Å²) in [6.07, 6.45) is 2.47. The number of hydrogen-bond donors (Lipinski definition) is 0. The Morgan fingerprint density at radius 3 is 2.88 bits per heavy atom. The van der Waals surface area contributed by atoms with Gasteiger partial charge < -0.3 is 9.64 Å². The van der Waals surface area contributed by atoms with Crippen molar-refractivity contribution in [2.75, 3.05) is 18.6 Å². The van der Waals surface area contributed by atoms with Crippen molar-refractivity contribution in [3.8, 4) is 0 Å². The lowest BCUT2D eigenvalue weighted by Gasteiger charge is -2.23. The van der Waals surface area contributed by atoms with E-state index >= 15 is 0 Å². The number of aromatic nitrogens is 1. The lowest BCUT2D eigenvalue weighted by molar-refractivity contribution is 0.0595. The number of hydrogen-bond acceptors (Lipinski definition) is 5. The summed E-state index contributed by atoms with van der Waals surface area (Å²) in [6.45, 7) is 5.40. The number of ether oxygens (including phenoxy) is 1. The molecule has 1 aliphatic carbocycles. The first-order valence-corrected chi connectivity index (χ1v) is 6.80. The zero-order valence-electron chi connectivity index (χ0n) is 10.5. The maximum absolute atomic E-state index is 11.4. The summed E-state index contributed by atoms with van der Waals surface area (Å²) in [7, 11) is 1.38. The fourth-order valence-electron chi connectivity index (χ4n) is 1.76. The molecule has 0 spiro atoms. The van der Waals surface area contributed by atoms with E-state index in [2.05, 4.69) is 28.5 Å². The molecule has 4 nitrogen and oxygen atoms in total. The van der Waals surface area contributed by atoms with Crippen LogP contribution in [0, 0.1) is 5.92 Å².